The molecule has 0 unspecified atom stereocenters. The molecule has 0 atom stereocenters. The predicted octanol–water partition coefficient (Wildman–Crippen LogP) is 5.42. The van der Waals surface area contributed by atoms with E-state index in [9.17, 15) is 4.79 Å². The summed E-state index contributed by atoms with van der Waals surface area (Å²) < 4.78 is 0. The van der Waals surface area contributed by atoms with E-state index in [2.05, 4.69) is 31.3 Å². The molecule has 0 saturated heterocycles. The summed E-state index contributed by atoms with van der Waals surface area (Å²) in [4.78, 5) is 11.9. The number of anilines is 1. The van der Waals surface area contributed by atoms with E-state index in [4.69, 9.17) is 11.6 Å². The Labute approximate surface area is 136 Å². The number of aryl methyl sites for hydroxylation is 1. The Bertz CT molecular complexity index is 687. The zero-order valence-corrected chi connectivity index (χ0v) is 13.8. The normalized spacial score (nSPS) is 11.1. The first kappa shape index (κ1) is 16.3. The molecule has 2 aromatic carbocycles. The predicted molar refractivity (Wildman–Crippen MR) is 94.4 cm³/mol. The average Bonchev–Trinajstić information content (AvgIpc) is 2.49. The molecule has 2 aromatic rings. The highest BCUT2D eigenvalue weighted by atomic mass is 35.5. The summed E-state index contributed by atoms with van der Waals surface area (Å²) in [6.07, 6.45) is 3.33. The van der Waals surface area contributed by atoms with Gasteiger partial charge in [-0.25, -0.2) is 0 Å². The summed E-state index contributed by atoms with van der Waals surface area (Å²) in [5, 5.41) is 3.44. The zero-order valence-electron chi connectivity index (χ0n) is 13.1. The second-order valence-electron chi connectivity index (χ2n) is 5.61. The molecule has 0 fully saturated rings. The number of hydrogen-bond donors (Lipinski definition) is 1. The summed E-state index contributed by atoms with van der Waals surface area (Å²) in [6, 6.07) is 13.7. The third-order valence-electron chi connectivity index (χ3n) is 3.47. The minimum atomic E-state index is -0.173. The number of amides is 1. The number of halogens is 1. The maximum absolute atomic E-state index is 11.9. The highest BCUT2D eigenvalue weighted by molar-refractivity contribution is 6.31. The SMILES string of the molecule is Cc1ccc(NC(=O)/C=C/c2ccc(C(C)C)cc2)cc1Cl. The van der Waals surface area contributed by atoms with Gasteiger partial charge in [-0.1, -0.05) is 55.8 Å². The van der Waals surface area contributed by atoms with Crippen molar-refractivity contribution >= 4 is 29.3 Å². The van der Waals surface area contributed by atoms with Gasteiger partial charge < -0.3 is 5.32 Å². The molecule has 22 heavy (non-hydrogen) atoms. The first-order chi connectivity index (χ1) is 10.5. The Morgan fingerprint density at radius 3 is 2.41 bits per heavy atom. The van der Waals surface area contributed by atoms with Crippen molar-refractivity contribution in [1.29, 1.82) is 0 Å². The second kappa shape index (κ2) is 7.28. The molecule has 0 bridgehead atoms. The number of carbonyl (C=O) groups excluding carboxylic acids is 1. The second-order valence-corrected chi connectivity index (χ2v) is 6.02. The molecule has 1 amide bonds. The Morgan fingerprint density at radius 2 is 1.82 bits per heavy atom. The van der Waals surface area contributed by atoms with Crippen LogP contribution in [0.25, 0.3) is 6.08 Å². The highest BCUT2D eigenvalue weighted by Gasteiger charge is 2.01. The maximum Gasteiger partial charge on any atom is 0.248 e. The summed E-state index contributed by atoms with van der Waals surface area (Å²) in [6.45, 7) is 6.24. The topological polar surface area (TPSA) is 29.1 Å². The Hall–Kier alpha value is -2.06. The van der Waals surface area contributed by atoms with Crippen LogP contribution < -0.4 is 5.32 Å². The van der Waals surface area contributed by atoms with Crippen LogP contribution in [-0.2, 0) is 4.79 Å². The van der Waals surface area contributed by atoms with Crippen LogP contribution in [0.1, 0.15) is 36.5 Å². The minimum Gasteiger partial charge on any atom is -0.322 e. The van der Waals surface area contributed by atoms with Crippen molar-refractivity contribution in [3.8, 4) is 0 Å². The lowest BCUT2D eigenvalue weighted by molar-refractivity contribution is -0.111. The lowest BCUT2D eigenvalue weighted by Crippen LogP contribution is -2.07. The quantitative estimate of drug-likeness (QED) is 0.750. The molecule has 3 heteroatoms. The molecule has 2 nitrogen and oxygen atoms in total. The summed E-state index contributed by atoms with van der Waals surface area (Å²) in [5.74, 6) is 0.334. The summed E-state index contributed by atoms with van der Waals surface area (Å²) >= 11 is 6.04. The smallest absolute Gasteiger partial charge is 0.248 e. The maximum atomic E-state index is 11.9. The number of benzene rings is 2. The third kappa shape index (κ3) is 4.47. The lowest BCUT2D eigenvalue weighted by atomic mass is 10.0. The Balaban J connectivity index is 2.00. The Morgan fingerprint density at radius 1 is 1.14 bits per heavy atom. The molecule has 0 aliphatic rings. The molecule has 0 aromatic heterocycles. The van der Waals surface area contributed by atoms with E-state index in [0.29, 0.717) is 16.6 Å². The number of hydrogen-bond acceptors (Lipinski definition) is 1. The van der Waals surface area contributed by atoms with Crippen LogP contribution in [0.3, 0.4) is 0 Å². The van der Waals surface area contributed by atoms with Crippen LogP contribution in [0.4, 0.5) is 5.69 Å². The molecule has 0 heterocycles. The minimum absolute atomic E-state index is 0.173. The van der Waals surface area contributed by atoms with E-state index in [1.165, 1.54) is 11.6 Å². The number of nitrogens with one attached hydrogen (secondary N) is 1. The fourth-order valence-corrected chi connectivity index (χ4v) is 2.20. The molecule has 0 aliphatic heterocycles. The Kier molecular flexibility index (Phi) is 5.40. The van der Waals surface area contributed by atoms with Crippen molar-refractivity contribution in [2.24, 2.45) is 0 Å². The van der Waals surface area contributed by atoms with Crippen LogP contribution in [-0.4, -0.2) is 5.91 Å². The largest absolute Gasteiger partial charge is 0.322 e. The van der Waals surface area contributed by atoms with E-state index in [0.717, 1.165) is 11.1 Å². The van der Waals surface area contributed by atoms with E-state index in [1.54, 1.807) is 12.1 Å². The lowest BCUT2D eigenvalue weighted by Gasteiger charge is -2.05. The first-order valence-corrected chi connectivity index (χ1v) is 7.68. The summed E-state index contributed by atoms with van der Waals surface area (Å²) in [5.41, 5.74) is 3.97. The van der Waals surface area contributed by atoms with Crippen molar-refractivity contribution < 1.29 is 4.79 Å². The van der Waals surface area contributed by atoms with Crippen molar-refractivity contribution in [3.05, 3.63) is 70.3 Å². The van der Waals surface area contributed by atoms with Gasteiger partial charge in [0.25, 0.3) is 0 Å². The van der Waals surface area contributed by atoms with Crippen molar-refractivity contribution in [3.63, 3.8) is 0 Å². The van der Waals surface area contributed by atoms with Gasteiger partial charge in [-0.3, -0.25) is 4.79 Å². The van der Waals surface area contributed by atoms with Crippen LogP contribution in [0, 0.1) is 6.92 Å². The summed E-state index contributed by atoms with van der Waals surface area (Å²) in [7, 11) is 0. The first-order valence-electron chi connectivity index (χ1n) is 7.31. The molecule has 0 radical (unpaired) electrons. The van der Waals surface area contributed by atoms with Crippen LogP contribution in [0.2, 0.25) is 5.02 Å². The monoisotopic (exact) mass is 313 g/mol. The molecule has 0 spiro atoms. The van der Waals surface area contributed by atoms with Crippen molar-refractivity contribution in [1.82, 2.24) is 0 Å². The molecular formula is C19H20ClNO. The standard InChI is InChI=1S/C19H20ClNO/c1-13(2)16-8-5-15(6-9-16)7-11-19(22)21-17-10-4-14(3)18(20)12-17/h4-13H,1-3H3,(H,21,22)/b11-7+. The molecule has 1 N–H and O–H groups in total. The van der Waals surface area contributed by atoms with Crippen LogP contribution in [0.15, 0.2) is 48.5 Å². The highest BCUT2D eigenvalue weighted by Crippen LogP contribution is 2.20. The van der Waals surface area contributed by atoms with Gasteiger partial charge in [0.15, 0.2) is 0 Å². The van der Waals surface area contributed by atoms with Crippen molar-refractivity contribution in [2.45, 2.75) is 26.7 Å². The fraction of sp³-hybridized carbons (Fsp3) is 0.211. The van der Waals surface area contributed by atoms with Crippen LogP contribution in [0.5, 0.6) is 0 Å². The van der Waals surface area contributed by atoms with E-state index >= 15 is 0 Å². The average molecular weight is 314 g/mol. The molecular weight excluding hydrogens is 294 g/mol. The van der Waals surface area contributed by atoms with Gasteiger partial charge in [0.05, 0.1) is 0 Å². The number of carbonyl (C=O) groups is 1. The van der Waals surface area contributed by atoms with Gasteiger partial charge in [-0.2, -0.15) is 0 Å². The molecule has 114 valence electrons. The van der Waals surface area contributed by atoms with Gasteiger partial charge >= 0.3 is 0 Å². The van der Waals surface area contributed by atoms with Gasteiger partial charge in [-0.05, 0) is 47.7 Å². The third-order valence-corrected chi connectivity index (χ3v) is 3.88. The van der Waals surface area contributed by atoms with E-state index < -0.39 is 0 Å². The van der Waals surface area contributed by atoms with Gasteiger partial charge in [0.2, 0.25) is 5.91 Å². The van der Waals surface area contributed by atoms with Gasteiger partial charge in [0, 0.05) is 16.8 Å². The zero-order chi connectivity index (χ0) is 16.1. The van der Waals surface area contributed by atoms with Gasteiger partial charge in [-0.15, -0.1) is 0 Å². The van der Waals surface area contributed by atoms with Crippen LogP contribution >= 0.6 is 11.6 Å². The van der Waals surface area contributed by atoms with E-state index in [-0.39, 0.29) is 5.91 Å². The number of rotatable bonds is 4. The molecule has 0 saturated carbocycles. The fourth-order valence-electron chi connectivity index (χ4n) is 2.02. The van der Waals surface area contributed by atoms with Crippen molar-refractivity contribution in [2.75, 3.05) is 5.32 Å². The van der Waals surface area contributed by atoms with Gasteiger partial charge in [0.1, 0.15) is 0 Å². The molecule has 2 rings (SSSR count). The van der Waals surface area contributed by atoms with E-state index in [1.807, 2.05) is 31.2 Å². The molecule has 0 aliphatic carbocycles.